The smallest absolute Gasteiger partial charge is 0.261 e. The van der Waals surface area contributed by atoms with Crippen LogP contribution in [0.5, 0.6) is 0 Å². The Morgan fingerprint density at radius 2 is 1.95 bits per heavy atom. The second-order valence-electron chi connectivity index (χ2n) is 4.67. The van der Waals surface area contributed by atoms with E-state index in [0.717, 1.165) is 16.9 Å². The average Bonchev–Trinajstić information content (AvgIpc) is 2.43. The first kappa shape index (κ1) is 15.9. The molecule has 2 aromatic carbocycles. The molecular weight excluding hydrogens is 309 g/mol. The number of benzene rings is 2. The molecule has 2 aromatic rings. The highest BCUT2D eigenvalue weighted by Gasteiger charge is 2.16. The Hall–Kier alpha value is -1.53. The van der Waals surface area contributed by atoms with Gasteiger partial charge in [0.1, 0.15) is 5.82 Å². The first-order valence-electron chi connectivity index (χ1n) is 6.29. The van der Waals surface area contributed by atoms with Gasteiger partial charge in [-0.05, 0) is 48.6 Å². The third-order valence-electron chi connectivity index (χ3n) is 2.89. The van der Waals surface area contributed by atoms with Crippen molar-refractivity contribution >= 4 is 27.5 Å². The molecule has 0 saturated heterocycles. The molecule has 112 valence electrons. The standard InChI is InChI=1S/C15H16FNO2S2/c1-11-6-7-14(16)15(8-11)17-21(18,19)13-5-3-4-12(9-13)10-20-2/h3-9,17H,10H2,1-2H3. The van der Waals surface area contributed by atoms with Crippen LogP contribution in [0.1, 0.15) is 11.1 Å². The van der Waals surface area contributed by atoms with Gasteiger partial charge < -0.3 is 0 Å². The number of thioether (sulfide) groups is 1. The van der Waals surface area contributed by atoms with E-state index in [4.69, 9.17) is 0 Å². The molecule has 0 fully saturated rings. The number of sulfonamides is 1. The van der Waals surface area contributed by atoms with Crippen molar-refractivity contribution in [1.29, 1.82) is 0 Å². The zero-order valence-corrected chi connectivity index (χ0v) is 13.4. The third-order valence-corrected chi connectivity index (χ3v) is 4.87. The molecule has 0 heterocycles. The fraction of sp³-hybridized carbons (Fsp3) is 0.200. The van der Waals surface area contributed by atoms with Crippen LogP contribution in [0.4, 0.5) is 10.1 Å². The van der Waals surface area contributed by atoms with Crippen molar-refractivity contribution in [2.24, 2.45) is 0 Å². The molecule has 0 aliphatic carbocycles. The largest absolute Gasteiger partial charge is 0.277 e. The van der Waals surface area contributed by atoms with Crippen LogP contribution in [0, 0.1) is 12.7 Å². The van der Waals surface area contributed by atoms with E-state index in [1.807, 2.05) is 12.3 Å². The molecule has 21 heavy (non-hydrogen) atoms. The number of hydrogen-bond acceptors (Lipinski definition) is 3. The van der Waals surface area contributed by atoms with Crippen molar-refractivity contribution in [3.05, 3.63) is 59.4 Å². The molecular formula is C15H16FNO2S2. The average molecular weight is 325 g/mol. The van der Waals surface area contributed by atoms with Gasteiger partial charge >= 0.3 is 0 Å². The van der Waals surface area contributed by atoms with Gasteiger partial charge in [0, 0.05) is 5.75 Å². The van der Waals surface area contributed by atoms with Gasteiger partial charge in [-0.1, -0.05) is 18.2 Å². The molecule has 0 saturated carbocycles. The molecule has 0 spiro atoms. The molecule has 0 aromatic heterocycles. The van der Waals surface area contributed by atoms with E-state index in [2.05, 4.69) is 4.72 Å². The lowest BCUT2D eigenvalue weighted by Crippen LogP contribution is -2.14. The van der Waals surface area contributed by atoms with Crippen molar-refractivity contribution in [2.75, 3.05) is 11.0 Å². The highest BCUT2D eigenvalue weighted by molar-refractivity contribution is 7.97. The van der Waals surface area contributed by atoms with Gasteiger partial charge in [0.05, 0.1) is 10.6 Å². The zero-order valence-electron chi connectivity index (χ0n) is 11.8. The Kier molecular flexibility index (Phi) is 4.90. The Morgan fingerprint density at radius 3 is 2.67 bits per heavy atom. The van der Waals surface area contributed by atoms with Crippen LogP contribution in [0.15, 0.2) is 47.4 Å². The van der Waals surface area contributed by atoms with Crippen LogP contribution in [0.3, 0.4) is 0 Å². The number of rotatable bonds is 5. The Balaban J connectivity index is 2.34. The summed E-state index contributed by atoms with van der Waals surface area (Å²) in [5.74, 6) is 0.131. The summed E-state index contributed by atoms with van der Waals surface area (Å²) in [6.07, 6.45) is 1.95. The minimum Gasteiger partial charge on any atom is -0.277 e. The maximum atomic E-state index is 13.7. The van der Waals surface area contributed by atoms with Crippen molar-refractivity contribution in [3.8, 4) is 0 Å². The summed E-state index contributed by atoms with van der Waals surface area (Å²) in [5.41, 5.74) is 1.66. The van der Waals surface area contributed by atoms with Crippen LogP contribution in [-0.4, -0.2) is 14.7 Å². The van der Waals surface area contributed by atoms with Gasteiger partial charge in [-0.3, -0.25) is 4.72 Å². The summed E-state index contributed by atoms with van der Waals surface area (Å²) >= 11 is 1.61. The highest BCUT2D eigenvalue weighted by atomic mass is 32.2. The Labute approximate surface area is 128 Å². The molecule has 0 atom stereocenters. The molecule has 0 bridgehead atoms. The Morgan fingerprint density at radius 1 is 1.19 bits per heavy atom. The zero-order chi connectivity index (χ0) is 15.5. The van der Waals surface area contributed by atoms with Gasteiger partial charge in [0.25, 0.3) is 10.0 Å². The van der Waals surface area contributed by atoms with E-state index in [1.165, 1.54) is 18.2 Å². The summed E-state index contributed by atoms with van der Waals surface area (Å²) in [5, 5.41) is 0. The normalized spacial score (nSPS) is 11.4. The molecule has 2 rings (SSSR count). The van der Waals surface area contributed by atoms with Gasteiger partial charge in [0.15, 0.2) is 0 Å². The fourth-order valence-corrected chi connectivity index (χ4v) is 3.53. The van der Waals surface area contributed by atoms with Gasteiger partial charge in [-0.2, -0.15) is 11.8 Å². The molecule has 1 N–H and O–H groups in total. The second-order valence-corrected chi connectivity index (χ2v) is 7.22. The SMILES string of the molecule is CSCc1cccc(S(=O)(=O)Nc2cc(C)ccc2F)c1. The molecule has 6 heteroatoms. The van der Waals surface area contributed by atoms with E-state index in [0.29, 0.717) is 0 Å². The molecule has 0 unspecified atom stereocenters. The molecule has 0 aliphatic rings. The van der Waals surface area contributed by atoms with Crippen LogP contribution >= 0.6 is 11.8 Å². The lowest BCUT2D eigenvalue weighted by molar-refractivity contribution is 0.598. The third kappa shape index (κ3) is 3.98. The number of anilines is 1. The van der Waals surface area contributed by atoms with E-state index in [1.54, 1.807) is 36.9 Å². The monoisotopic (exact) mass is 325 g/mol. The van der Waals surface area contributed by atoms with Crippen LogP contribution in [0.2, 0.25) is 0 Å². The minimum atomic E-state index is -3.79. The molecule has 0 radical (unpaired) electrons. The number of aryl methyl sites for hydroxylation is 1. The minimum absolute atomic E-state index is 0.0368. The van der Waals surface area contributed by atoms with E-state index in [-0.39, 0.29) is 10.6 Å². The Bertz CT molecular complexity index is 745. The van der Waals surface area contributed by atoms with E-state index >= 15 is 0 Å². The molecule has 3 nitrogen and oxygen atoms in total. The van der Waals surface area contributed by atoms with Crippen molar-refractivity contribution in [3.63, 3.8) is 0 Å². The summed E-state index contributed by atoms with van der Waals surface area (Å²) in [7, 11) is -3.79. The summed E-state index contributed by atoms with van der Waals surface area (Å²) in [6, 6.07) is 11.0. The maximum absolute atomic E-state index is 13.7. The van der Waals surface area contributed by atoms with Gasteiger partial charge in [0.2, 0.25) is 0 Å². The molecule has 0 amide bonds. The van der Waals surface area contributed by atoms with Crippen molar-refractivity contribution in [2.45, 2.75) is 17.6 Å². The van der Waals surface area contributed by atoms with E-state index in [9.17, 15) is 12.8 Å². The lowest BCUT2D eigenvalue weighted by Gasteiger charge is -2.10. The van der Waals surface area contributed by atoms with Crippen LogP contribution < -0.4 is 4.72 Å². The number of halogens is 1. The summed E-state index contributed by atoms with van der Waals surface area (Å²) in [4.78, 5) is 0.134. The quantitative estimate of drug-likeness (QED) is 0.909. The number of nitrogens with one attached hydrogen (secondary N) is 1. The predicted molar refractivity (Wildman–Crippen MR) is 85.6 cm³/mol. The molecule has 0 aliphatic heterocycles. The second kappa shape index (κ2) is 6.49. The number of hydrogen-bond donors (Lipinski definition) is 1. The van der Waals surface area contributed by atoms with E-state index < -0.39 is 15.8 Å². The first-order valence-corrected chi connectivity index (χ1v) is 9.17. The topological polar surface area (TPSA) is 46.2 Å². The predicted octanol–water partition coefficient (Wildman–Crippen LogP) is 3.80. The maximum Gasteiger partial charge on any atom is 0.261 e. The van der Waals surface area contributed by atoms with Crippen molar-refractivity contribution in [1.82, 2.24) is 0 Å². The first-order chi connectivity index (χ1) is 9.92. The van der Waals surface area contributed by atoms with Crippen molar-refractivity contribution < 1.29 is 12.8 Å². The summed E-state index contributed by atoms with van der Waals surface area (Å²) < 4.78 is 40.7. The van der Waals surface area contributed by atoms with Gasteiger partial charge in [-0.15, -0.1) is 0 Å². The fourth-order valence-electron chi connectivity index (χ4n) is 1.89. The van der Waals surface area contributed by atoms with Crippen LogP contribution in [-0.2, 0) is 15.8 Å². The lowest BCUT2D eigenvalue weighted by atomic mass is 10.2. The highest BCUT2D eigenvalue weighted by Crippen LogP contribution is 2.21. The summed E-state index contributed by atoms with van der Waals surface area (Å²) in [6.45, 7) is 1.77. The van der Waals surface area contributed by atoms with Crippen LogP contribution in [0.25, 0.3) is 0 Å². The van der Waals surface area contributed by atoms with Gasteiger partial charge in [-0.25, -0.2) is 12.8 Å².